The number of rotatable bonds is 2. The van der Waals surface area contributed by atoms with E-state index in [9.17, 15) is 4.39 Å². The van der Waals surface area contributed by atoms with Crippen molar-refractivity contribution in [2.75, 3.05) is 5.73 Å². The minimum atomic E-state index is -0.236. The number of aryl methyl sites for hydroxylation is 1. The summed E-state index contributed by atoms with van der Waals surface area (Å²) >= 11 is 3.23. The predicted octanol–water partition coefficient (Wildman–Crippen LogP) is 3.46. The van der Waals surface area contributed by atoms with Crippen LogP contribution in [-0.2, 0) is 6.42 Å². The largest absolute Gasteiger partial charge is 0.383 e. The van der Waals surface area contributed by atoms with Crippen LogP contribution in [0.5, 0.6) is 0 Å². The molecule has 0 saturated heterocycles. The highest BCUT2D eigenvalue weighted by Gasteiger charge is 2.07. The van der Waals surface area contributed by atoms with E-state index < -0.39 is 0 Å². The molecule has 0 spiro atoms. The molecular weight excluding hydrogens is 283 g/mol. The van der Waals surface area contributed by atoms with Gasteiger partial charge in [-0.05, 0) is 35.7 Å². The van der Waals surface area contributed by atoms with Crippen LogP contribution >= 0.6 is 15.9 Å². The Kier molecular flexibility index (Phi) is 3.43. The third-order valence-corrected chi connectivity index (χ3v) is 3.03. The maximum Gasteiger partial charge on any atom is 0.127 e. The Balaban J connectivity index is 2.34. The molecule has 1 aromatic heterocycles. The molecule has 2 aromatic rings. The molecule has 1 heterocycles. The fraction of sp³-hybridized carbons (Fsp3) is 0.154. The topological polar surface area (TPSA) is 38.9 Å². The van der Waals surface area contributed by atoms with Crippen molar-refractivity contribution in [1.82, 2.24) is 4.98 Å². The van der Waals surface area contributed by atoms with E-state index >= 15 is 0 Å². The van der Waals surface area contributed by atoms with Gasteiger partial charge in [-0.15, -0.1) is 0 Å². The van der Waals surface area contributed by atoms with E-state index in [0.29, 0.717) is 17.8 Å². The average molecular weight is 295 g/mol. The molecular formula is C13H12BrFN2. The van der Waals surface area contributed by atoms with Gasteiger partial charge in [0, 0.05) is 17.1 Å². The molecule has 4 heteroatoms. The van der Waals surface area contributed by atoms with Gasteiger partial charge in [0.25, 0.3) is 0 Å². The van der Waals surface area contributed by atoms with Gasteiger partial charge in [-0.2, -0.15) is 0 Å². The molecule has 0 fully saturated rings. The summed E-state index contributed by atoms with van der Waals surface area (Å²) in [6.45, 7) is 1.94. The van der Waals surface area contributed by atoms with Crippen LogP contribution < -0.4 is 5.73 Å². The van der Waals surface area contributed by atoms with Gasteiger partial charge in [0.1, 0.15) is 11.6 Å². The standard InChI is InChI=1S/C13H12BrFN2/c1-8-4-10(13(16)17-7-8)5-9-2-3-11(14)6-12(9)15/h2-4,6-7H,5H2,1H3,(H2,16,17). The number of nitrogen functional groups attached to an aromatic ring is 1. The second-order valence-electron chi connectivity index (χ2n) is 3.97. The molecule has 0 atom stereocenters. The lowest BCUT2D eigenvalue weighted by Gasteiger charge is -2.07. The Morgan fingerprint density at radius 2 is 2.06 bits per heavy atom. The number of anilines is 1. The van der Waals surface area contributed by atoms with Crippen LogP contribution in [0.2, 0.25) is 0 Å². The van der Waals surface area contributed by atoms with Crippen LogP contribution in [-0.4, -0.2) is 4.98 Å². The molecule has 0 bridgehead atoms. The van der Waals surface area contributed by atoms with Gasteiger partial charge in [-0.25, -0.2) is 9.37 Å². The lowest BCUT2D eigenvalue weighted by atomic mass is 10.0. The zero-order valence-electron chi connectivity index (χ0n) is 9.37. The van der Waals surface area contributed by atoms with Gasteiger partial charge in [-0.3, -0.25) is 0 Å². The highest BCUT2D eigenvalue weighted by molar-refractivity contribution is 9.10. The summed E-state index contributed by atoms with van der Waals surface area (Å²) in [6.07, 6.45) is 2.16. The van der Waals surface area contributed by atoms with Crippen molar-refractivity contribution in [3.8, 4) is 0 Å². The Morgan fingerprint density at radius 1 is 1.29 bits per heavy atom. The molecule has 0 unspecified atom stereocenters. The molecule has 0 radical (unpaired) electrons. The van der Waals surface area contributed by atoms with Crippen LogP contribution in [0.15, 0.2) is 34.9 Å². The fourth-order valence-corrected chi connectivity index (χ4v) is 1.99. The van der Waals surface area contributed by atoms with Crippen molar-refractivity contribution in [2.45, 2.75) is 13.3 Å². The molecule has 1 aromatic carbocycles. The number of pyridine rings is 1. The Morgan fingerprint density at radius 3 is 2.76 bits per heavy atom. The molecule has 0 aliphatic rings. The van der Waals surface area contributed by atoms with Crippen LogP contribution in [0.25, 0.3) is 0 Å². The SMILES string of the molecule is Cc1cnc(N)c(Cc2ccc(Br)cc2F)c1. The summed E-state index contributed by atoms with van der Waals surface area (Å²) in [5.74, 6) is 0.221. The highest BCUT2D eigenvalue weighted by Crippen LogP contribution is 2.20. The first kappa shape index (κ1) is 12.0. The normalized spacial score (nSPS) is 10.5. The van der Waals surface area contributed by atoms with Crippen LogP contribution in [0.3, 0.4) is 0 Å². The quantitative estimate of drug-likeness (QED) is 0.921. The second-order valence-corrected chi connectivity index (χ2v) is 4.89. The molecule has 2 nitrogen and oxygen atoms in total. The van der Waals surface area contributed by atoms with Crippen LogP contribution in [0.1, 0.15) is 16.7 Å². The fourth-order valence-electron chi connectivity index (χ4n) is 1.65. The molecule has 88 valence electrons. The van der Waals surface area contributed by atoms with Crippen molar-refractivity contribution in [2.24, 2.45) is 0 Å². The summed E-state index contributed by atoms with van der Waals surface area (Å²) in [5.41, 5.74) is 8.27. The Labute approximate surface area is 108 Å². The van der Waals surface area contributed by atoms with Gasteiger partial charge < -0.3 is 5.73 Å². The summed E-state index contributed by atoms with van der Waals surface area (Å²) in [4.78, 5) is 4.07. The zero-order valence-corrected chi connectivity index (χ0v) is 11.0. The lowest BCUT2D eigenvalue weighted by molar-refractivity contribution is 0.613. The molecule has 0 amide bonds. The number of nitrogens with two attached hydrogens (primary N) is 1. The van der Waals surface area contributed by atoms with Crippen molar-refractivity contribution in [3.05, 3.63) is 57.4 Å². The molecule has 0 aliphatic carbocycles. The van der Waals surface area contributed by atoms with E-state index in [1.807, 2.05) is 19.1 Å². The number of hydrogen-bond donors (Lipinski definition) is 1. The van der Waals surface area contributed by atoms with Gasteiger partial charge in [0.15, 0.2) is 0 Å². The van der Waals surface area contributed by atoms with E-state index in [-0.39, 0.29) is 5.82 Å². The van der Waals surface area contributed by atoms with Gasteiger partial charge >= 0.3 is 0 Å². The van der Waals surface area contributed by atoms with Crippen molar-refractivity contribution < 1.29 is 4.39 Å². The summed E-state index contributed by atoms with van der Waals surface area (Å²) in [7, 11) is 0. The molecule has 0 saturated carbocycles. The van der Waals surface area contributed by atoms with Crippen molar-refractivity contribution >= 4 is 21.7 Å². The van der Waals surface area contributed by atoms with Gasteiger partial charge in [0.05, 0.1) is 0 Å². The van der Waals surface area contributed by atoms with Crippen molar-refractivity contribution in [3.63, 3.8) is 0 Å². The molecule has 17 heavy (non-hydrogen) atoms. The second kappa shape index (κ2) is 4.84. The first-order chi connectivity index (χ1) is 8.06. The minimum Gasteiger partial charge on any atom is -0.383 e. The Bertz CT molecular complexity index is 555. The molecule has 0 aliphatic heterocycles. The van der Waals surface area contributed by atoms with Gasteiger partial charge in [-0.1, -0.05) is 28.1 Å². The van der Waals surface area contributed by atoms with E-state index in [0.717, 1.165) is 15.6 Å². The molecule has 2 N–H and O–H groups in total. The van der Waals surface area contributed by atoms with Crippen LogP contribution in [0, 0.1) is 12.7 Å². The van der Waals surface area contributed by atoms with E-state index in [1.165, 1.54) is 6.07 Å². The average Bonchev–Trinajstić information content (AvgIpc) is 2.27. The first-order valence-corrected chi connectivity index (χ1v) is 6.00. The number of hydrogen-bond acceptors (Lipinski definition) is 2. The summed E-state index contributed by atoms with van der Waals surface area (Å²) in [6, 6.07) is 6.96. The van der Waals surface area contributed by atoms with E-state index in [2.05, 4.69) is 20.9 Å². The maximum atomic E-state index is 13.7. The van der Waals surface area contributed by atoms with E-state index in [4.69, 9.17) is 5.73 Å². The minimum absolute atomic E-state index is 0.236. The number of aromatic nitrogens is 1. The first-order valence-electron chi connectivity index (χ1n) is 5.21. The smallest absolute Gasteiger partial charge is 0.127 e. The Hall–Kier alpha value is -1.42. The highest BCUT2D eigenvalue weighted by atomic mass is 79.9. The predicted molar refractivity (Wildman–Crippen MR) is 70.3 cm³/mol. The number of halogens is 2. The third kappa shape index (κ3) is 2.82. The summed E-state index contributed by atoms with van der Waals surface area (Å²) < 4.78 is 14.4. The van der Waals surface area contributed by atoms with Crippen LogP contribution in [0.4, 0.5) is 10.2 Å². The number of nitrogens with zero attached hydrogens (tertiary/aromatic N) is 1. The maximum absolute atomic E-state index is 13.7. The van der Waals surface area contributed by atoms with Gasteiger partial charge in [0.2, 0.25) is 0 Å². The summed E-state index contributed by atoms with van der Waals surface area (Å²) in [5, 5.41) is 0. The monoisotopic (exact) mass is 294 g/mol. The molecule has 2 rings (SSSR count). The number of benzene rings is 1. The van der Waals surface area contributed by atoms with Crippen molar-refractivity contribution in [1.29, 1.82) is 0 Å². The zero-order chi connectivity index (χ0) is 12.4. The van der Waals surface area contributed by atoms with E-state index in [1.54, 1.807) is 12.3 Å². The lowest BCUT2D eigenvalue weighted by Crippen LogP contribution is -2.00. The third-order valence-electron chi connectivity index (χ3n) is 2.53.